The van der Waals surface area contributed by atoms with E-state index in [9.17, 15) is 9.18 Å². The highest BCUT2D eigenvalue weighted by Gasteiger charge is 2.20. The number of rotatable bonds is 4. The Balaban J connectivity index is 1.81. The lowest BCUT2D eigenvalue weighted by Gasteiger charge is -2.12. The van der Waals surface area contributed by atoms with Crippen LogP contribution in [-0.2, 0) is 11.4 Å². The van der Waals surface area contributed by atoms with Crippen LogP contribution in [0.1, 0.15) is 11.1 Å². The minimum atomic E-state index is -0.314. The third-order valence-electron chi connectivity index (χ3n) is 3.38. The average Bonchev–Trinajstić information content (AvgIpc) is 2.85. The van der Waals surface area contributed by atoms with Gasteiger partial charge in [-0.15, -0.1) is 0 Å². The molecule has 1 saturated heterocycles. The van der Waals surface area contributed by atoms with Crippen LogP contribution in [0.4, 0.5) is 4.39 Å². The minimum absolute atomic E-state index is 0.0997. The Kier molecular flexibility index (Phi) is 5.51. The number of benzene rings is 2. The van der Waals surface area contributed by atoms with Crippen LogP contribution in [0, 0.1) is 5.82 Å². The molecule has 0 unspecified atom stereocenters. The van der Waals surface area contributed by atoms with E-state index in [1.54, 1.807) is 36.4 Å². The van der Waals surface area contributed by atoms with Gasteiger partial charge in [-0.25, -0.2) is 4.39 Å². The second-order valence-corrected chi connectivity index (χ2v) is 7.28. The number of carbonyl (C=O) groups excluding carboxylic acids is 1. The van der Waals surface area contributed by atoms with Gasteiger partial charge in [-0.3, -0.25) is 10.1 Å². The molecule has 1 amide bonds. The number of amides is 1. The predicted molar refractivity (Wildman–Crippen MR) is 104 cm³/mol. The predicted octanol–water partition coefficient (Wildman–Crippen LogP) is 4.27. The first-order chi connectivity index (χ1) is 11.9. The highest BCUT2D eigenvalue weighted by atomic mass is 79.9. The summed E-state index contributed by atoms with van der Waals surface area (Å²) in [7, 11) is 0. The molecular formula is C17H11Br2FN2O2S. The zero-order valence-corrected chi connectivity index (χ0v) is 16.6. The van der Waals surface area contributed by atoms with Crippen molar-refractivity contribution in [3.8, 4) is 5.75 Å². The van der Waals surface area contributed by atoms with E-state index >= 15 is 0 Å². The molecule has 0 aromatic heterocycles. The summed E-state index contributed by atoms with van der Waals surface area (Å²) in [5, 5.41) is 5.56. The molecule has 3 rings (SSSR count). The first-order valence-electron chi connectivity index (χ1n) is 7.13. The number of thiocarbonyl (C=S) groups is 1. The average molecular weight is 486 g/mol. The van der Waals surface area contributed by atoms with Crippen molar-refractivity contribution in [3.63, 3.8) is 0 Å². The van der Waals surface area contributed by atoms with Gasteiger partial charge in [-0.1, -0.05) is 18.2 Å². The van der Waals surface area contributed by atoms with E-state index in [1.165, 1.54) is 6.07 Å². The number of hydrogen-bond acceptors (Lipinski definition) is 3. The quantitative estimate of drug-likeness (QED) is 0.501. The van der Waals surface area contributed by atoms with E-state index in [4.69, 9.17) is 17.0 Å². The van der Waals surface area contributed by atoms with Gasteiger partial charge in [0.2, 0.25) is 0 Å². The molecule has 2 N–H and O–H groups in total. The lowest BCUT2D eigenvalue weighted by Crippen LogP contribution is -2.21. The van der Waals surface area contributed by atoms with Crippen LogP contribution < -0.4 is 15.4 Å². The monoisotopic (exact) mass is 484 g/mol. The highest BCUT2D eigenvalue weighted by molar-refractivity contribution is 9.11. The molecule has 1 fully saturated rings. The van der Waals surface area contributed by atoms with E-state index < -0.39 is 0 Å². The number of halogens is 3. The lowest BCUT2D eigenvalue weighted by atomic mass is 10.2. The second-order valence-electron chi connectivity index (χ2n) is 5.16. The Morgan fingerprint density at radius 3 is 2.44 bits per heavy atom. The SMILES string of the molecule is O=C1NC(=S)N/C1=C/c1cc(Br)c(OCc2ccccc2F)c(Br)c1. The molecule has 25 heavy (non-hydrogen) atoms. The van der Waals surface area contributed by atoms with Crippen molar-refractivity contribution in [2.45, 2.75) is 6.61 Å². The summed E-state index contributed by atoms with van der Waals surface area (Å²) >= 11 is 11.8. The Morgan fingerprint density at radius 1 is 1.16 bits per heavy atom. The molecule has 0 aliphatic carbocycles. The molecular weight excluding hydrogens is 475 g/mol. The van der Waals surface area contributed by atoms with Crippen LogP contribution in [-0.4, -0.2) is 11.0 Å². The van der Waals surface area contributed by atoms with Crippen LogP contribution >= 0.6 is 44.1 Å². The molecule has 0 bridgehead atoms. The van der Waals surface area contributed by atoms with Crippen LogP contribution in [0.25, 0.3) is 6.08 Å². The maximum absolute atomic E-state index is 13.7. The van der Waals surface area contributed by atoms with Crippen molar-refractivity contribution < 1.29 is 13.9 Å². The van der Waals surface area contributed by atoms with Crippen molar-refractivity contribution in [2.24, 2.45) is 0 Å². The molecule has 1 heterocycles. The summed E-state index contributed by atoms with van der Waals surface area (Å²) in [4.78, 5) is 11.7. The Bertz CT molecular complexity index is 879. The van der Waals surface area contributed by atoms with E-state index in [-0.39, 0.29) is 23.4 Å². The van der Waals surface area contributed by atoms with Crippen LogP contribution in [0.3, 0.4) is 0 Å². The molecule has 2 aromatic rings. The summed E-state index contributed by atoms with van der Waals surface area (Å²) in [6.07, 6.45) is 1.67. The molecule has 0 spiro atoms. The van der Waals surface area contributed by atoms with Gasteiger partial charge in [0.25, 0.3) is 5.91 Å². The maximum Gasteiger partial charge on any atom is 0.273 e. The Hall–Kier alpha value is -1.77. The van der Waals surface area contributed by atoms with Gasteiger partial charge < -0.3 is 10.1 Å². The van der Waals surface area contributed by atoms with E-state index in [1.807, 2.05) is 0 Å². The van der Waals surface area contributed by atoms with Crippen molar-refractivity contribution in [3.05, 3.63) is 68.0 Å². The van der Waals surface area contributed by atoms with Crippen molar-refractivity contribution in [2.75, 3.05) is 0 Å². The first kappa shape index (κ1) is 18.0. The van der Waals surface area contributed by atoms with Crippen molar-refractivity contribution >= 4 is 61.2 Å². The van der Waals surface area contributed by atoms with Gasteiger partial charge in [0.15, 0.2) is 5.11 Å². The number of ether oxygens (including phenoxy) is 1. The smallest absolute Gasteiger partial charge is 0.273 e. The minimum Gasteiger partial charge on any atom is -0.486 e. The second kappa shape index (κ2) is 7.63. The number of carbonyl (C=O) groups is 1. The van der Waals surface area contributed by atoms with Gasteiger partial charge in [-0.2, -0.15) is 0 Å². The molecule has 4 nitrogen and oxygen atoms in total. The van der Waals surface area contributed by atoms with E-state index in [0.29, 0.717) is 26.0 Å². The largest absolute Gasteiger partial charge is 0.486 e. The summed E-state index contributed by atoms with van der Waals surface area (Å²) in [5.74, 6) is -0.0488. The zero-order valence-electron chi connectivity index (χ0n) is 12.6. The lowest BCUT2D eigenvalue weighted by molar-refractivity contribution is -0.115. The molecule has 0 radical (unpaired) electrons. The Labute approximate surface area is 165 Å². The molecule has 1 aliphatic heterocycles. The molecule has 8 heteroatoms. The summed E-state index contributed by atoms with van der Waals surface area (Å²) in [6, 6.07) is 10.0. The molecule has 0 atom stereocenters. The summed E-state index contributed by atoms with van der Waals surface area (Å²) in [5.41, 5.74) is 1.59. The molecule has 0 saturated carbocycles. The molecule has 1 aliphatic rings. The van der Waals surface area contributed by atoms with Crippen LogP contribution in [0.5, 0.6) is 5.75 Å². The normalized spacial score (nSPS) is 15.2. The third-order valence-corrected chi connectivity index (χ3v) is 4.76. The number of hydrogen-bond donors (Lipinski definition) is 2. The van der Waals surface area contributed by atoms with Gasteiger partial charge in [0.05, 0.1) is 8.95 Å². The van der Waals surface area contributed by atoms with Gasteiger partial charge >= 0.3 is 0 Å². The Morgan fingerprint density at radius 2 is 1.84 bits per heavy atom. The van der Waals surface area contributed by atoms with Gasteiger partial charge in [0, 0.05) is 5.56 Å². The standard InChI is InChI=1S/C17H11Br2FN2O2S/c18-11-5-9(7-14-16(23)22-17(25)21-14)6-12(19)15(11)24-8-10-3-1-2-4-13(10)20/h1-7H,8H2,(H2,21,22,23,25)/b14-7+. The van der Waals surface area contributed by atoms with E-state index in [0.717, 1.165) is 5.56 Å². The van der Waals surface area contributed by atoms with Gasteiger partial charge in [0.1, 0.15) is 23.9 Å². The first-order valence-corrected chi connectivity index (χ1v) is 9.13. The number of nitrogens with one attached hydrogen (secondary N) is 2. The van der Waals surface area contributed by atoms with Crippen molar-refractivity contribution in [1.82, 2.24) is 10.6 Å². The fourth-order valence-electron chi connectivity index (χ4n) is 2.22. The highest BCUT2D eigenvalue weighted by Crippen LogP contribution is 2.36. The maximum atomic E-state index is 13.7. The van der Waals surface area contributed by atoms with Crippen molar-refractivity contribution in [1.29, 1.82) is 0 Å². The summed E-state index contributed by atoms with van der Waals surface area (Å²) < 4.78 is 20.8. The van der Waals surface area contributed by atoms with E-state index in [2.05, 4.69) is 42.5 Å². The van der Waals surface area contributed by atoms with Gasteiger partial charge in [-0.05, 0) is 73.9 Å². The zero-order chi connectivity index (χ0) is 18.0. The fraction of sp³-hybridized carbons (Fsp3) is 0.0588. The molecule has 128 valence electrons. The van der Waals surface area contributed by atoms with Crippen LogP contribution in [0.15, 0.2) is 51.0 Å². The summed E-state index contributed by atoms with van der Waals surface area (Å²) in [6.45, 7) is 0.0997. The van der Waals surface area contributed by atoms with Crippen LogP contribution in [0.2, 0.25) is 0 Å². The fourth-order valence-corrected chi connectivity index (χ4v) is 3.87. The molecule has 2 aromatic carbocycles. The third kappa shape index (κ3) is 4.26. The topological polar surface area (TPSA) is 50.4 Å².